The molecule has 0 radical (unpaired) electrons. The Balaban J connectivity index is 1.56. The summed E-state index contributed by atoms with van der Waals surface area (Å²) >= 11 is 7.37. The summed E-state index contributed by atoms with van der Waals surface area (Å²) in [5, 5.41) is 11.7. The van der Waals surface area contributed by atoms with E-state index in [1.54, 1.807) is 19.9 Å². The van der Waals surface area contributed by atoms with Gasteiger partial charge in [-0.2, -0.15) is 5.10 Å². The molecular weight excluding hydrogens is 490 g/mol. The zero-order valence-electron chi connectivity index (χ0n) is 19.6. The predicted molar refractivity (Wildman–Crippen MR) is 140 cm³/mol. The van der Waals surface area contributed by atoms with Crippen molar-refractivity contribution in [1.82, 2.24) is 10.2 Å². The average molecular weight is 516 g/mol. The normalized spacial score (nSPS) is 12.8. The van der Waals surface area contributed by atoms with Gasteiger partial charge in [0.2, 0.25) is 0 Å². The van der Waals surface area contributed by atoms with E-state index in [1.807, 2.05) is 48.5 Å². The number of aromatic amines is 1. The standard InChI is InChI=1S/C25H26ClN3O3S2/c1-24(2,16-6-9-18(26)10-7-16)21-14-22(29-28-21)27-23(30)20-13-15-12-17(8-11-19(15)33-20)25(3,4)34(5,31)32/h6-14H,1-5H3,(H2,27,28,29,30). The Hall–Kier alpha value is -2.68. The number of rotatable bonds is 6. The third-order valence-corrected chi connectivity index (χ3v) is 9.85. The van der Waals surface area contributed by atoms with Crippen molar-refractivity contribution in [2.45, 2.75) is 37.9 Å². The van der Waals surface area contributed by atoms with Crippen LogP contribution in [0.25, 0.3) is 10.1 Å². The molecule has 0 unspecified atom stereocenters. The summed E-state index contributed by atoms with van der Waals surface area (Å²) in [5.41, 5.74) is 2.15. The first kappa shape index (κ1) is 24.4. The van der Waals surface area contributed by atoms with Gasteiger partial charge in [-0.25, -0.2) is 8.42 Å². The Morgan fingerprint density at radius 1 is 1.00 bits per heavy atom. The molecule has 0 aliphatic carbocycles. The van der Waals surface area contributed by atoms with Crippen molar-refractivity contribution < 1.29 is 13.2 Å². The van der Waals surface area contributed by atoms with Gasteiger partial charge in [0.05, 0.1) is 15.3 Å². The number of hydrogen-bond acceptors (Lipinski definition) is 5. The second-order valence-electron chi connectivity index (χ2n) is 9.40. The van der Waals surface area contributed by atoms with Gasteiger partial charge in [-0.15, -0.1) is 11.3 Å². The summed E-state index contributed by atoms with van der Waals surface area (Å²) in [4.78, 5) is 13.5. The molecule has 2 aromatic heterocycles. The Bertz CT molecular complexity index is 1480. The highest BCUT2D eigenvalue weighted by Crippen LogP contribution is 2.35. The summed E-state index contributed by atoms with van der Waals surface area (Å²) in [5.74, 6) is 0.239. The van der Waals surface area contributed by atoms with Crippen LogP contribution >= 0.6 is 22.9 Å². The largest absolute Gasteiger partial charge is 0.306 e. The fourth-order valence-electron chi connectivity index (χ4n) is 3.65. The van der Waals surface area contributed by atoms with Crippen LogP contribution in [0.1, 0.15) is 54.2 Å². The van der Waals surface area contributed by atoms with E-state index in [-0.39, 0.29) is 11.3 Å². The maximum absolute atomic E-state index is 12.9. The molecule has 0 spiro atoms. The highest BCUT2D eigenvalue weighted by molar-refractivity contribution is 7.91. The number of amides is 1. The number of anilines is 1. The number of nitrogens with one attached hydrogen (secondary N) is 2. The maximum Gasteiger partial charge on any atom is 0.266 e. The lowest BCUT2D eigenvalue weighted by molar-refractivity contribution is 0.103. The highest BCUT2D eigenvalue weighted by Gasteiger charge is 2.32. The first-order valence-electron chi connectivity index (χ1n) is 10.7. The smallest absolute Gasteiger partial charge is 0.266 e. The monoisotopic (exact) mass is 515 g/mol. The third-order valence-electron chi connectivity index (χ3n) is 6.39. The molecule has 34 heavy (non-hydrogen) atoms. The molecule has 4 aromatic rings. The number of thiophene rings is 1. The van der Waals surface area contributed by atoms with Gasteiger partial charge in [0.25, 0.3) is 5.91 Å². The molecule has 0 aliphatic heterocycles. The number of sulfone groups is 1. The summed E-state index contributed by atoms with van der Waals surface area (Å²) < 4.78 is 24.3. The number of aromatic nitrogens is 2. The quantitative estimate of drug-likeness (QED) is 0.323. The Morgan fingerprint density at radius 3 is 2.29 bits per heavy atom. The van der Waals surface area contributed by atoms with Crippen molar-refractivity contribution in [1.29, 1.82) is 0 Å². The summed E-state index contributed by atoms with van der Waals surface area (Å²) in [6.07, 6.45) is 1.23. The lowest BCUT2D eigenvalue weighted by Crippen LogP contribution is -2.27. The number of halogens is 1. The van der Waals surface area contributed by atoms with Gasteiger partial charge in [0.15, 0.2) is 9.84 Å². The van der Waals surface area contributed by atoms with Gasteiger partial charge < -0.3 is 5.32 Å². The van der Waals surface area contributed by atoms with Crippen LogP contribution < -0.4 is 5.32 Å². The van der Waals surface area contributed by atoms with Crippen LogP contribution in [0.2, 0.25) is 5.02 Å². The van der Waals surface area contributed by atoms with Crippen molar-refractivity contribution >= 4 is 54.6 Å². The highest BCUT2D eigenvalue weighted by atomic mass is 35.5. The van der Waals surface area contributed by atoms with Crippen LogP contribution in [-0.2, 0) is 20.0 Å². The minimum Gasteiger partial charge on any atom is -0.306 e. The van der Waals surface area contributed by atoms with Gasteiger partial charge in [-0.1, -0.05) is 43.6 Å². The lowest BCUT2D eigenvalue weighted by atomic mass is 9.81. The molecule has 0 saturated carbocycles. The van der Waals surface area contributed by atoms with E-state index in [2.05, 4.69) is 29.4 Å². The van der Waals surface area contributed by atoms with Gasteiger partial charge in [-0.05, 0) is 60.7 Å². The van der Waals surface area contributed by atoms with Crippen LogP contribution in [0.15, 0.2) is 54.6 Å². The molecule has 9 heteroatoms. The van der Waals surface area contributed by atoms with E-state index in [1.165, 1.54) is 17.6 Å². The maximum atomic E-state index is 12.9. The van der Waals surface area contributed by atoms with E-state index in [9.17, 15) is 13.2 Å². The molecule has 1 amide bonds. The molecule has 0 atom stereocenters. The van der Waals surface area contributed by atoms with Crippen LogP contribution in [-0.4, -0.2) is 30.8 Å². The van der Waals surface area contributed by atoms with Gasteiger partial charge in [0, 0.05) is 27.5 Å². The Labute approximate surface area is 208 Å². The number of nitrogens with zero attached hydrogens (tertiary/aromatic N) is 1. The fourth-order valence-corrected chi connectivity index (χ4v) is 5.27. The SMILES string of the molecule is CC(C)(c1ccc(Cl)cc1)c1cc(NC(=O)c2cc3cc(C(C)(C)S(C)(=O)=O)ccc3s2)[nH]n1. The molecule has 0 fully saturated rings. The molecule has 2 N–H and O–H groups in total. The topological polar surface area (TPSA) is 91.9 Å². The van der Waals surface area contributed by atoms with E-state index >= 15 is 0 Å². The number of benzene rings is 2. The average Bonchev–Trinajstić information content (AvgIpc) is 3.40. The first-order valence-corrected chi connectivity index (χ1v) is 13.7. The third kappa shape index (κ3) is 4.50. The van der Waals surface area contributed by atoms with Gasteiger partial charge in [-0.3, -0.25) is 9.89 Å². The van der Waals surface area contributed by atoms with E-state index in [0.29, 0.717) is 21.3 Å². The van der Waals surface area contributed by atoms with Crippen LogP contribution in [0.3, 0.4) is 0 Å². The molecule has 6 nitrogen and oxygen atoms in total. The summed E-state index contributed by atoms with van der Waals surface area (Å²) in [6, 6.07) is 16.7. The number of carbonyl (C=O) groups excluding carboxylic acids is 1. The first-order chi connectivity index (χ1) is 15.8. The molecule has 2 heterocycles. The molecule has 0 bridgehead atoms. The summed E-state index contributed by atoms with van der Waals surface area (Å²) in [7, 11) is -3.30. The fraction of sp³-hybridized carbons (Fsp3) is 0.280. The Kier molecular flexibility index (Phi) is 6.12. The van der Waals surface area contributed by atoms with Crippen molar-refractivity contribution in [3.05, 3.63) is 81.3 Å². The second-order valence-corrected chi connectivity index (χ2v) is 13.5. The van der Waals surface area contributed by atoms with Crippen LogP contribution in [0, 0.1) is 0 Å². The van der Waals surface area contributed by atoms with E-state index in [0.717, 1.165) is 21.3 Å². The number of hydrogen-bond donors (Lipinski definition) is 2. The van der Waals surface area contributed by atoms with Gasteiger partial charge >= 0.3 is 0 Å². The Morgan fingerprint density at radius 2 is 1.65 bits per heavy atom. The molecular formula is C25H26ClN3O3S2. The van der Waals surface area contributed by atoms with E-state index < -0.39 is 14.6 Å². The van der Waals surface area contributed by atoms with Crippen molar-refractivity contribution in [2.24, 2.45) is 0 Å². The zero-order valence-corrected chi connectivity index (χ0v) is 22.0. The molecule has 2 aromatic carbocycles. The zero-order chi connectivity index (χ0) is 24.9. The lowest BCUT2D eigenvalue weighted by Gasteiger charge is -2.23. The summed E-state index contributed by atoms with van der Waals surface area (Å²) in [6.45, 7) is 7.48. The number of fused-ring (bicyclic) bond motifs is 1. The van der Waals surface area contributed by atoms with Crippen molar-refractivity contribution in [3.8, 4) is 0 Å². The van der Waals surface area contributed by atoms with Crippen LogP contribution in [0.5, 0.6) is 0 Å². The van der Waals surface area contributed by atoms with Gasteiger partial charge in [0.1, 0.15) is 5.82 Å². The minimum absolute atomic E-state index is 0.260. The second kappa shape index (κ2) is 8.52. The molecule has 4 rings (SSSR count). The number of H-pyrrole nitrogens is 1. The minimum atomic E-state index is -3.30. The number of carbonyl (C=O) groups is 1. The van der Waals surface area contributed by atoms with Crippen molar-refractivity contribution in [2.75, 3.05) is 11.6 Å². The van der Waals surface area contributed by atoms with Crippen LogP contribution in [0.4, 0.5) is 5.82 Å². The predicted octanol–water partition coefficient (Wildman–Crippen LogP) is 6.14. The molecule has 0 aliphatic rings. The molecule has 0 saturated heterocycles. The van der Waals surface area contributed by atoms with Crippen molar-refractivity contribution in [3.63, 3.8) is 0 Å². The molecule has 178 valence electrons. The van der Waals surface area contributed by atoms with E-state index in [4.69, 9.17) is 11.6 Å².